The molecule has 0 aliphatic heterocycles. The quantitative estimate of drug-likeness (QED) is 0.848. The lowest BCUT2D eigenvalue weighted by Gasteiger charge is -2.10. The van der Waals surface area contributed by atoms with E-state index in [1.165, 1.54) is 18.3 Å². The average molecular weight is 248 g/mol. The molecule has 1 fully saturated rings. The van der Waals surface area contributed by atoms with E-state index in [-0.39, 0.29) is 23.9 Å². The molecule has 2 N–H and O–H groups in total. The number of rotatable bonds is 4. The summed E-state index contributed by atoms with van der Waals surface area (Å²) in [5.74, 6) is -0.816. The van der Waals surface area contributed by atoms with E-state index in [0.717, 1.165) is 25.7 Å². The number of carboxylic acids is 1. The van der Waals surface area contributed by atoms with E-state index in [0.29, 0.717) is 5.69 Å². The number of aromatic carboxylic acids is 1. The van der Waals surface area contributed by atoms with Gasteiger partial charge in [0.1, 0.15) is 0 Å². The van der Waals surface area contributed by atoms with Crippen molar-refractivity contribution in [1.82, 2.24) is 10.3 Å². The smallest absolute Gasteiger partial charge is 0.335 e. The molecule has 2 rings (SSSR count). The minimum atomic E-state index is -0.985. The molecule has 0 bridgehead atoms. The Hall–Kier alpha value is -1.91. The molecular weight excluding hydrogens is 232 g/mol. The van der Waals surface area contributed by atoms with Crippen LogP contribution in [0.2, 0.25) is 0 Å². The van der Waals surface area contributed by atoms with E-state index >= 15 is 0 Å². The Bertz CT molecular complexity index is 453. The highest BCUT2D eigenvalue weighted by molar-refractivity contribution is 5.87. The Balaban J connectivity index is 1.91. The van der Waals surface area contributed by atoms with E-state index < -0.39 is 5.97 Å². The summed E-state index contributed by atoms with van der Waals surface area (Å²) in [5, 5.41) is 11.7. The van der Waals surface area contributed by atoms with Gasteiger partial charge >= 0.3 is 5.97 Å². The fourth-order valence-corrected chi connectivity index (χ4v) is 2.22. The van der Waals surface area contributed by atoms with Gasteiger partial charge in [-0.05, 0) is 25.0 Å². The van der Waals surface area contributed by atoms with E-state index in [9.17, 15) is 9.59 Å². The van der Waals surface area contributed by atoms with Gasteiger partial charge in [-0.2, -0.15) is 0 Å². The maximum Gasteiger partial charge on any atom is 0.335 e. The van der Waals surface area contributed by atoms with E-state index in [1.807, 2.05) is 0 Å². The van der Waals surface area contributed by atoms with Crippen LogP contribution in [-0.2, 0) is 11.3 Å². The second kappa shape index (κ2) is 5.62. The van der Waals surface area contributed by atoms with Crippen LogP contribution < -0.4 is 5.32 Å². The Labute approximate surface area is 105 Å². The predicted molar refractivity (Wildman–Crippen MR) is 65.0 cm³/mol. The molecule has 1 aliphatic rings. The minimum absolute atomic E-state index is 0.0510. The third-order valence-corrected chi connectivity index (χ3v) is 3.23. The van der Waals surface area contributed by atoms with Crippen LogP contribution in [0.5, 0.6) is 0 Å². The zero-order valence-corrected chi connectivity index (χ0v) is 10.1. The zero-order valence-electron chi connectivity index (χ0n) is 10.1. The van der Waals surface area contributed by atoms with E-state index in [4.69, 9.17) is 5.11 Å². The maximum absolute atomic E-state index is 11.8. The average Bonchev–Trinajstić information content (AvgIpc) is 2.90. The first-order chi connectivity index (χ1) is 8.66. The van der Waals surface area contributed by atoms with Crippen LogP contribution in [0.15, 0.2) is 18.3 Å². The molecule has 1 aromatic rings. The molecule has 18 heavy (non-hydrogen) atoms. The van der Waals surface area contributed by atoms with Crippen LogP contribution in [0.3, 0.4) is 0 Å². The minimum Gasteiger partial charge on any atom is -0.478 e. The van der Waals surface area contributed by atoms with Gasteiger partial charge in [0.2, 0.25) is 5.91 Å². The van der Waals surface area contributed by atoms with Gasteiger partial charge in [-0.15, -0.1) is 0 Å². The number of carbonyl (C=O) groups excluding carboxylic acids is 1. The van der Waals surface area contributed by atoms with Crippen LogP contribution in [0.1, 0.15) is 41.7 Å². The monoisotopic (exact) mass is 248 g/mol. The summed E-state index contributed by atoms with van der Waals surface area (Å²) >= 11 is 0. The number of nitrogens with one attached hydrogen (secondary N) is 1. The second-order valence-electron chi connectivity index (χ2n) is 4.54. The van der Waals surface area contributed by atoms with Gasteiger partial charge in [0.05, 0.1) is 17.8 Å². The van der Waals surface area contributed by atoms with Crippen molar-refractivity contribution in [3.63, 3.8) is 0 Å². The second-order valence-corrected chi connectivity index (χ2v) is 4.54. The normalized spacial score (nSPS) is 15.6. The van der Waals surface area contributed by atoms with E-state index in [2.05, 4.69) is 10.3 Å². The van der Waals surface area contributed by atoms with Crippen molar-refractivity contribution >= 4 is 11.9 Å². The van der Waals surface area contributed by atoms with Crippen molar-refractivity contribution in [1.29, 1.82) is 0 Å². The van der Waals surface area contributed by atoms with Gasteiger partial charge in [-0.3, -0.25) is 9.78 Å². The summed E-state index contributed by atoms with van der Waals surface area (Å²) in [6, 6.07) is 2.92. The standard InChI is InChI=1S/C13H16N2O3/c16-12(9-3-1-2-4-9)15-8-11-7-10(13(17)18)5-6-14-11/h5-7,9H,1-4,8H2,(H,15,16)(H,17,18). The first-order valence-corrected chi connectivity index (χ1v) is 6.13. The molecule has 0 aromatic carbocycles. The van der Waals surface area contributed by atoms with Crippen LogP contribution in [-0.4, -0.2) is 22.0 Å². The van der Waals surface area contributed by atoms with Crippen molar-refractivity contribution in [2.24, 2.45) is 5.92 Å². The van der Waals surface area contributed by atoms with Gasteiger partial charge in [0.25, 0.3) is 0 Å². The number of aromatic nitrogens is 1. The summed E-state index contributed by atoms with van der Waals surface area (Å²) in [5.41, 5.74) is 0.761. The van der Waals surface area contributed by atoms with Crippen LogP contribution in [0, 0.1) is 5.92 Å². The third-order valence-electron chi connectivity index (χ3n) is 3.23. The Kier molecular flexibility index (Phi) is 3.92. The number of carboxylic acid groups (broad SMARTS) is 1. The molecule has 0 radical (unpaired) electrons. The zero-order chi connectivity index (χ0) is 13.0. The van der Waals surface area contributed by atoms with Crippen molar-refractivity contribution in [3.05, 3.63) is 29.6 Å². The molecule has 1 aromatic heterocycles. The number of hydrogen-bond acceptors (Lipinski definition) is 3. The summed E-state index contributed by atoms with van der Waals surface area (Å²) in [6.45, 7) is 0.288. The molecular formula is C13H16N2O3. The van der Waals surface area contributed by atoms with Crippen LogP contribution >= 0.6 is 0 Å². The van der Waals surface area contributed by atoms with Gasteiger partial charge in [0, 0.05) is 12.1 Å². The number of hydrogen-bond donors (Lipinski definition) is 2. The summed E-state index contributed by atoms with van der Waals surface area (Å²) in [6.07, 6.45) is 5.58. The highest BCUT2D eigenvalue weighted by Crippen LogP contribution is 2.24. The molecule has 96 valence electrons. The Morgan fingerprint density at radius 3 is 2.78 bits per heavy atom. The molecule has 0 atom stereocenters. The van der Waals surface area contributed by atoms with Crippen molar-refractivity contribution in [2.45, 2.75) is 32.2 Å². The third kappa shape index (κ3) is 3.06. The van der Waals surface area contributed by atoms with Gasteiger partial charge < -0.3 is 10.4 Å². The fourth-order valence-electron chi connectivity index (χ4n) is 2.22. The molecule has 0 spiro atoms. The molecule has 0 saturated heterocycles. The van der Waals surface area contributed by atoms with Gasteiger partial charge in [-0.1, -0.05) is 12.8 Å². The molecule has 5 nitrogen and oxygen atoms in total. The SMILES string of the molecule is O=C(O)c1ccnc(CNC(=O)C2CCCC2)c1. The first kappa shape index (κ1) is 12.5. The molecule has 0 unspecified atom stereocenters. The van der Waals surface area contributed by atoms with Crippen LogP contribution in [0.25, 0.3) is 0 Å². The largest absolute Gasteiger partial charge is 0.478 e. The summed E-state index contributed by atoms with van der Waals surface area (Å²) in [7, 11) is 0. The maximum atomic E-state index is 11.8. The van der Waals surface area contributed by atoms with Crippen molar-refractivity contribution in [2.75, 3.05) is 0 Å². The highest BCUT2D eigenvalue weighted by Gasteiger charge is 2.22. The molecule has 1 saturated carbocycles. The summed E-state index contributed by atoms with van der Waals surface area (Å²) < 4.78 is 0. The number of amides is 1. The van der Waals surface area contributed by atoms with Gasteiger partial charge in [-0.25, -0.2) is 4.79 Å². The van der Waals surface area contributed by atoms with E-state index in [1.54, 1.807) is 0 Å². The van der Waals surface area contributed by atoms with Gasteiger partial charge in [0.15, 0.2) is 0 Å². The Morgan fingerprint density at radius 1 is 1.39 bits per heavy atom. The molecule has 1 amide bonds. The first-order valence-electron chi connectivity index (χ1n) is 6.13. The molecule has 1 heterocycles. The Morgan fingerprint density at radius 2 is 2.11 bits per heavy atom. The molecule has 1 aliphatic carbocycles. The number of pyridine rings is 1. The van der Waals surface area contributed by atoms with Crippen molar-refractivity contribution < 1.29 is 14.7 Å². The highest BCUT2D eigenvalue weighted by atomic mass is 16.4. The van der Waals surface area contributed by atoms with Crippen LogP contribution in [0.4, 0.5) is 0 Å². The fraction of sp³-hybridized carbons (Fsp3) is 0.462. The lowest BCUT2D eigenvalue weighted by atomic mass is 10.1. The predicted octanol–water partition coefficient (Wildman–Crippen LogP) is 1.59. The summed E-state index contributed by atoms with van der Waals surface area (Å²) in [4.78, 5) is 26.6. The van der Waals surface area contributed by atoms with Crippen molar-refractivity contribution in [3.8, 4) is 0 Å². The number of nitrogens with zero attached hydrogens (tertiary/aromatic N) is 1. The topological polar surface area (TPSA) is 79.3 Å². The number of carbonyl (C=O) groups is 2. The molecule has 5 heteroatoms. The lowest BCUT2D eigenvalue weighted by molar-refractivity contribution is -0.124. The lowest BCUT2D eigenvalue weighted by Crippen LogP contribution is -2.29.